The second-order valence-corrected chi connectivity index (χ2v) is 6.55. The molecule has 0 aliphatic carbocycles. The lowest BCUT2D eigenvalue weighted by molar-refractivity contribution is -0.144. The Morgan fingerprint density at radius 1 is 1.32 bits per heavy atom. The largest absolute Gasteiger partial charge is 0.493 e. The Bertz CT molecular complexity index is 616. The monoisotopic (exact) mass is 349 g/mol. The number of ether oxygens (including phenoxy) is 2. The molecular formula is C19H27NO5. The smallest absolute Gasteiger partial charge is 0.326 e. The van der Waals surface area contributed by atoms with Crippen molar-refractivity contribution in [1.29, 1.82) is 0 Å². The average molecular weight is 349 g/mol. The molecule has 1 aliphatic heterocycles. The SMILES string of the molecule is CCCCOc1ccc(C(=O)N2CCC(C)CC2C(=O)O)cc1OC. The van der Waals surface area contributed by atoms with Gasteiger partial charge in [0.15, 0.2) is 11.5 Å². The number of carboxylic acid groups (broad SMARTS) is 1. The molecule has 1 fully saturated rings. The number of aliphatic carboxylic acids is 1. The Kier molecular flexibility index (Phi) is 6.67. The molecule has 1 amide bonds. The summed E-state index contributed by atoms with van der Waals surface area (Å²) in [6.07, 6.45) is 3.26. The molecule has 0 aromatic heterocycles. The number of rotatable bonds is 7. The van der Waals surface area contributed by atoms with E-state index in [1.54, 1.807) is 18.2 Å². The summed E-state index contributed by atoms with van der Waals surface area (Å²) in [5.41, 5.74) is 0.417. The van der Waals surface area contributed by atoms with Crippen LogP contribution in [0.5, 0.6) is 11.5 Å². The van der Waals surface area contributed by atoms with Crippen LogP contribution in [0.3, 0.4) is 0 Å². The first kappa shape index (κ1) is 19.1. The third kappa shape index (κ3) is 4.65. The van der Waals surface area contributed by atoms with Crippen molar-refractivity contribution in [2.45, 2.75) is 45.6 Å². The molecule has 0 saturated carbocycles. The number of hydrogen-bond donors (Lipinski definition) is 1. The first-order valence-corrected chi connectivity index (χ1v) is 8.82. The van der Waals surface area contributed by atoms with Crippen molar-refractivity contribution in [3.8, 4) is 11.5 Å². The standard InChI is InChI=1S/C19H27NO5/c1-4-5-10-25-16-7-6-14(12-17(16)24-3)18(21)20-9-8-13(2)11-15(20)19(22)23/h6-7,12-13,15H,4-5,8-11H2,1-3H3,(H,22,23). The van der Waals surface area contributed by atoms with Gasteiger partial charge in [-0.25, -0.2) is 4.79 Å². The molecule has 1 aromatic rings. The maximum absolute atomic E-state index is 12.8. The van der Waals surface area contributed by atoms with Gasteiger partial charge in [-0.3, -0.25) is 4.79 Å². The molecule has 138 valence electrons. The molecule has 0 spiro atoms. The lowest BCUT2D eigenvalue weighted by Gasteiger charge is -2.36. The summed E-state index contributed by atoms with van der Waals surface area (Å²) in [5, 5.41) is 9.45. The third-order valence-electron chi connectivity index (χ3n) is 4.58. The van der Waals surface area contributed by atoms with Crippen LogP contribution < -0.4 is 9.47 Å². The van der Waals surface area contributed by atoms with Gasteiger partial charge in [0, 0.05) is 12.1 Å². The first-order chi connectivity index (χ1) is 12.0. The van der Waals surface area contributed by atoms with Gasteiger partial charge < -0.3 is 19.5 Å². The second-order valence-electron chi connectivity index (χ2n) is 6.55. The van der Waals surface area contributed by atoms with E-state index in [0.717, 1.165) is 19.3 Å². The molecule has 25 heavy (non-hydrogen) atoms. The van der Waals surface area contributed by atoms with Crippen molar-refractivity contribution >= 4 is 11.9 Å². The minimum absolute atomic E-state index is 0.280. The maximum Gasteiger partial charge on any atom is 0.326 e. The lowest BCUT2D eigenvalue weighted by Crippen LogP contribution is -2.49. The number of methoxy groups -OCH3 is 1. The molecular weight excluding hydrogens is 322 g/mol. The van der Waals surface area contributed by atoms with E-state index in [0.29, 0.717) is 42.6 Å². The molecule has 6 heteroatoms. The van der Waals surface area contributed by atoms with Gasteiger partial charge in [0.1, 0.15) is 6.04 Å². The van der Waals surface area contributed by atoms with Crippen molar-refractivity contribution in [2.75, 3.05) is 20.3 Å². The Labute approximate surface area is 148 Å². The van der Waals surface area contributed by atoms with Crippen LogP contribution in [0.2, 0.25) is 0 Å². The highest BCUT2D eigenvalue weighted by molar-refractivity contribution is 5.97. The minimum atomic E-state index is -0.952. The summed E-state index contributed by atoms with van der Waals surface area (Å²) in [6, 6.07) is 4.23. The molecule has 2 unspecified atom stereocenters. The van der Waals surface area contributed by atoms with Crippen LogP contribution >= 0.6 is 0 Å². The highest BCUT2D eigenvalue weighted by atomic mass is 16.5. The zero-order valence-electron chi connectivity index (χ0n) is 15.2. The fourth-order valence-corrected chi connectivity index (χ4v) is 3.03. The summed E-state index contributed by atoms with van der Waals surface area (Å²) in [5.74, 6) is 0.145. The van der Waals surface area contributed by atoms with Gasteiger partial charge >= 0.3 is 5.97 Å². The first-order valence-electron chi connectivity index (χ1n) is 8.82. The third-order valence-corrected chi connectivity index (χ3v) is 4.58. The predicted molar refractivity (Wildman–Crippen MR) is 94.3 cm³/mol. The van der Waals surface area contributed by atoms with Crippen LogP contribution in [0.4, 0.5) is 0 Å². The van der Waals surface area contributed by atoms with Gasteiger partial charge in [0.25, 0.3) is 5.91 Å². The van der Waals surface area contributed by atoms with E-state index >= 15 is 0 Å². The molecule has 6 nitrogen and oxygen atoms in total. The fourth-order valence-electron chi connectivity index (χ4n) is 3.03. The fraction of sp³-hybridized carbons (Fsp3) is 0.579. The Morgan fingerprint density at radius 2 is 2.08 bits per heavy atom. The summed E-state index contributed by atoms with van der Waals surface area (Å²) in [7, 11) is 1.53. The molecule has 1 N–H and O–H groups in total. The van der Waals surface area contributed by atoms with Gasteiger partial charge in [0.2, 0.25) is 0 Å². The number of carbonyl (C=O) groups is 2. The number of unbranched alkanes of at least 4 members (excludes halogenated alkanes) is 1. The molecule has 2 atom stereocenters. The van der Waals surface area contributed by atoms with Crippen molar-refractivity contribution in [2.24, 2.45) is 5.92 Å². The number of nitrogens with zero attached hydrogens (tertiary/aromatic N) is 1. The molecule has 1 heterocycles. The van der Waals surface area contributed by atoms with E-state index in [4.69, 9.17) is 9.47 Å². The summed E-state index contributed by atoms with van der Waals surface area (Å²) < 4.78 is 11.0. The Hall–Kier alpha value is -2.24. The number of likely N-dealkylation sites (tertiary alicyclic amines) is 1. The number of carboxylic acids is 1. The van der Waals surface area contributed by atoms with Crippen molar-refractivity contribution in [1.82, 2.24) is 4.90 Å². The normalized spacial score (nSPS) is 20.2. The summed E-state index contributed by atoms with van der Waals surface area (Å²) >= 11 is 0. The summed E-state index contributed by atoms with van der Waals surface area (Å²) in [6.45, 7) is 5.14. The van der Waals surface area contributed by atoms with E-state index in [9.17, 15) is 14.7 Å². The Morgan fingerprint density at radius 3 is 2.72 bits per heavy atom. The van der Waals surface area contributed by atoms with Crippen molar-refractivity contribution < 1.29 is 24.2 Å². The molecule has 1 saturated heterocycles. The number of piperidine rings is 1. The van der Waals surface area contributed by atoms with E-state index in [1.165, 1.54) is 12.0 Å². The summed E-state index contributed by atoms with van der Waals surface area (Å²) in [4.78, 5) is 25.8. The van der Waals surface area contributed by atoms with E-state index in [2.05, 4.69) is 6.92 Å². The number of hydrogen-bond acceptors (Lipinski definition) is 4. The van der Waals surface area contributed by atoms with Crippen LogP contribution in [0.15, 0.2) is 18.2 Å². The van der Waals surface area contributed by atoms with E-state index < -0.39 is 12.0 Å². The van der Waals surface area contributed by atoms with Crippen LogP contribution in [-0.2, 0) is 4.79 Å². The van der Waals surface area contributed by atoms with Gasteiger partial charge in [-0.1, -0.05) is 20.3 Å². The zero-order chi connectivity index (χ0) is 18.4. The highest BCUT2D eigenvalue weighted by Crippen LogP contribution is 2.30. The molecule has 0 bridgehead atoms. The topological polar surface area (TPSA) is 76.1 Å². The predicted octanol–water partition coefficient (Wildman–Crippen LogP) is 3.20. The lowest BCUT2D eigenvalue weighted by atomic mass is 9.92. The van der Waals surface area contributed by atoms with Gasteiger partial charge in [0.05, 0.1) is 13.7 Å². The van der Waals surface area contributed by atoms with Crippen LogP contribution in [0, 0.1) is 5.92 Å². The van der Waals surface area contributed by atoms with Gasteiger partial charge in [-0.05, 0) is 43.4 Å². The zero-order valence-corrected chi connectivity index (χ0v) is 15.2. The number of benzene rings is 1. The number of amides is 1. The maximum atomic E-state index is 12.8. The van der Waals surface area contributed by atoms with Gasteiger partial charge in [-0.2, -0.15) is 0 Å². The van der Waals surface area contributed by atoms with E-state index in [-0.39, 0.29) is 5.91 Å². The minimum Gasteiger partial charge on any atom is -0.493 e. The van der Waals surface area contributed by atoms with Gasteiger partial charge in [-0.15, -0.1) is 0 Å². The molecule has 0 radical (unpaired) electrons. The molecule has 1 aliphatic rings. The van der Waals surface area contributed by atoms with Crippen LogP contribution in [0.1, 0.15) is 49.9 Å². The van der Waals surface area contributed by atoms with Crippen molar-refractivity contribution in [3.63, 3.8) is 0 Å². The quantitative estimate of drug-likeness (QED) is 0.765. The number of carbonyl (C=O) groups excluding carboxylic acids is 1. The Balaban J connectivity index is 2.19. The second kappa shape index (κ2) is 8.74. The van der Waals surface area contributed by atoms with Crippen molar-refractivity contribution in [3.05, 3.63) is 23.8 Å². The van der Waals surface area contributed by atoms with E-state index in [1.807, 2.05) is 6.92 Å². The average Bonchev–Trinajstić information content (AvgIpc) is 2.61. The molecule has 2 rings (SSSR count). The molecule has 1 aromatic carbocycles. The van der Waals surface area contributed by atoms with Crippen LogP contribution in [0.25, 0.3) is 0 Å². The van der Waals surface area contributed by atoms with Crippen LogP contribution in [-0.4, -0.2) is 48.2 Å². The highest BCUT2D eigenvalue weighted by Gasteiger charge is 2.35.